The molecule has 0 aromatic carbocycles. The van der Waals surface area contributed by atoms with Crippen LogP contribution >= 0.6 is 0 Å². The van der Waals surface area contributed by atoms with Gasteiger partial charge in [0, 0.05) is 25.7 Å². The maximum atomic E-state index is 12.3. The summed E-state index contributed by atoms with van der Waals surface area (Å²) < 4.78 is 0. The molecule has 3 heterocycles. The van der Waals surface area contributed by atoms with Gasteiger partial charge in [-0.2, -0.15) is 0 Å². The van der Waals surface area contributed by atoms with Crippen LogP contribution in [0, 0.1) is 0 Å². The lowest BCUT2D eigenvalue weighted by Gasteiger charge is -2.23. The van der Waals surface area contributed by atoms with Gasteiger partial charge in [0.2, 0.25) is 0 Å². The summed E-state index contributed by atoms with van der Waals surface area (Å²) in [6, 6.07) is 5.21. The number of piperidine rings is 1. The second-order valence-corrected chi connectivity index (χ2v) is 5.92. The van der Waals surface area contributed by atoms with Crippen molar-refractivity contribution in [2.75, 3.05) is 26.2 Å². The highest BCUT2D eigenvalue weighted by atomic mass is 16.2. The predicted octanol–water partition coefficient (Wildman–Crippen LogP) is 0.799. The highest BCUT2D eigenvalue weighted by Crippen LogP contribution is 2.12. The molecule has 6 heteroatoms. The van der Waals surface area contributed by atoms with Crippen molar-refractivity contribution in [3.8, 4) is 0 Å². The van der Waals surface area contributed by atoms with Crippen molar-refractivity contribution in [2.45, 2.75) is 31.7 Å². The molecule has 2 amide bonds. The van der Waals surface area contributed by atoms with Crippen molar-refractivity contribution in [1.29, 1.82) is 0 Å². The van der Waals surface area contributed by atoms with Gasteiger partial charge in [-0.25, -0.2) is 4.98 Å². The molecule has 1 atom stereocenters. The Hall–Kier alpha value is -1.95. The van der Waals surface area contributed by atoms with E-state index in [1.54, 1.807) is 23.1 Å². The zero-order chi connectivity index (χ0) is 15.4. The lowest BCUT2D eigenvalue weighted by molar-refractivity contribution is 0.0787. The third-order valence-electron chi connectivity index (χ3n) is 4.23. The summed E-state index contributed by atoms with van der Waals surface area (Å²) in [4.78, 5) is 30.7. The number of carbonyl (C=O) groups excluding carboxylic acids is 2. The van der Waals surface area contributed by atoms with Gasteiger partial charge in [0.15, 0.2) is 0 Å². The standard InChI is InChI=1S/C16H22N4O2/c21-15(18-12-5-4-8-17-11-12)13-6-3-7-14(19-13)16(22)20-9-1-2-10-20/h3,6-7,12,17H,1-2,4-5,8-11H2,(H,18,21). The van der Waals surface area contributed by atoms with Crippen molar-refractivity contribution in [3.63, 3.8) is 0 Å². The van der Waals surface area contributed by atoms with E-state index in [2.05, 4.69) is 15.6 Å². The van der Waals surface area contributed by atoms with Crippen molar-refractivity contribution >= 4 is 11.8 Å². The van der Waals surface area contributed by atoms with Crippen LogP contribution < -0.4 is 10.6 Å². The lowest BCUT2D eigenvalue weighted by Crippen LogP contribution is -2.45. The summed E-state index contributed by atoms with van der Waals surface area (Å²) in [6.07, 6.45) is 4.12. The second kappa shape index (κ2) is 6.87. The number of likely N-dealkylation sites (tertiary alicyclic amines) is 1. The zero-order valence-corrected chi connectivity index (χ0v) is 12.7. The minimum Gasteiger partial charge on any atom is -0.347 e. The maximum absolute atomic E-state index is 12.3. The van der Waals surface area contributed by atoms with Crippen LogP contribution in [0.3, 0.4) is 0 Å². The fourth-order valence-corrected chi connectivity index (χ4v) is 3.00. The molecule has 0 radical (unpaired) electrons. The van der Waals surface area contributed by atoms with Gasteiger partial charge >= 0.3 is 0 Å². The summed E-state index contributed by atoms with van der Waals surface area (Å²) in [5.41, 5.74) is 0.673. The number of amides is 2. The van der Waals surface area contributed by atoms with Crippen LogP contribution in [-0.4, -0.2) is 53.9 Å². The highest BCUT2D eigenvalue weighted by Gasteiger charge is 2.22. The van der Waals surface area contributed by atoms with Crippen molar-refractivity contribution in [3.05, 3.63) is 29.6 Å². The number of nitrogens with zero attached hydrogens (tertiary/aromatic N) is 2. The van der Waals surface area contributed by atoms with E-state index in [9.17, 15) is 9.59 Å². The number of aromatic nitrogens is 1. The molecule has 22 heavy (non-hydrogen) atoms. The molecule has 1 unspecified atom stereocenters. The summed E-state index contributed by atoms with van der Waals surface area (Å²) in [7, 11) is 0. The molecular formula is C16H22N4O2. The van der Waals surface area contributed by atoms with Gasteiger partial charge in [-0.1, -0.05) is 6.07 Å². The van der Waals surface area contributed by atoms with Crippen LogP contribution in [0.1, 0.15) is 46.7 Å². The third kappa shape index (κ3) is 3.44. The van der Waals surface area contributed by atoms with E-state index in [0.29, 0.717) is 11.4 Å². The Balaban J connectivity index is 1.67. The SMILES string of the molecule is O=C(NC1CCCNC1)c1cccc(C(=O)N2CCCC2)n1. The third-order valence-corrected chi connectivity index (χ3v) is 4.23. The molecule has 2 aliphatic rings. The molecular weight excluding hydrogens is 280 g/mol. The van der Waals surface area contributed by atoms with Gasteiger partial charge in [0.1, 0.15) is 11.4 Å². The van der Waals surface area contributed by atoms with Crippen LogP contribution in [0.25, 0.3) is 0 Å². The normalized spacial score (nSPS) is 21.6. The number of pyridine rings is 1. The fourth-order valence-electron chi connectivity index (χ4n) is 3.00. The summed E-state index contributed by atoms with van der Waals surface area (Å²) in [5.74, 6) is -0.281. The Morgan fingerprint density at radius 3 is 2.68 bits per heavy atom. The first kappa shape index (κ1) is 15.0. The molecule has 1 aromatic heterocycles. The van der Waals surface area contributed by atoms with Crippen molar-refractivity contribution in [1.82, 2.24) is 20.5 Å². The van der Waals surface area contributed by atoms with Crippen LogP contribution in [-0.2, 0) is 0 Å². The first-order valence-corrected chi connectivity index (χ1v) is 8.02. The number of hydrogen-bond acceptors (Lipinski definition) is 4. The van der Waals surface area contributed by atoms with E-state index in [0.717, 1.165) is 51.9 Å². The van der Waals surface area contributed by atoms with Gasteiger partial charge < -0.3 is 15.5 Å². The molecule has 0 saturated carbocycles. The molecule has 2 fully saturated rings. The Kier molecular flexibility index (Phi) is 4.68. The van der Waals surface area contributed by atoms with Gasteiger partial charge in [-0.05, 0) is 44.4 Å². The average molecular weight is 302 g/mol. The molecule has 2 saturated heterocycles. The second-order valence-electron chi connectivity index (χ2n) is 5.92. The van der Waals surface area contributed by atoms with E-state index in [4.69, 9.17) is 0 Å². The Bertz CT molecular complexity index is 549. The molecule has 3 rings (SSSR count). The van der Waals surface area contributed by atoms with E-state index in [1.807, 2.05) is 0 Å². The molecule has 6 nitrogen and oxygen atoms in total. The molecule has 0 aliphatic carbocycles. The quantitative estimate of drug-likeness (QED) is 0.866. The first-order valence-electron chi connectivity index (χ1n) is 8.02. The first-order chi connectivity index (χ1) is 10.7. The minimum absolute atomic E-state index is 0.0773. The molecule has 2 N–H and O–H groups in total. The van der Waals surface area contributed by atoms with Gasteiger partial charge in [0.05, 0.1) is 0 Å². The molecule has 1 aromatic rings. The molecule has 0 spiro atoms. The summed E-state index contributed by atoms with van der Waals surface area (Å²) in [6.45, 7) is 3.36. The molecule has 118 valence electrons. The number of carbonyl (C=O) groups is 2. The average Bonchev–Trinajstić information content (AvgIpc) is 3.09. The lowest BCUT2D eigenvalue weighted by atomic mass is 10.1. The van der Waals surface area contributed by atoms with E-state index in [-0.39, 0.29) is 17.9 Å². The summed E-state index contributed by atoms with van der Waals surface area (Å²) in [5, 5.41) is 6.24. The number of hydrogen-bond donors (Lipinski definition) is 2. The van der Waals surface area contributed by atoms with Crippen LogP contribution in [0.15, 0.2) is 18.2 Å². The van der Waals surface area contributed by atoms with Gasteiger partial charge in [-0.15, -0.1) is 0 Å². The van der Waals surface area contributed by atoms with Crippen LogP contribution in [0.5, 0.6) is 0 Å². The summed E-state index contributed by atoms with van der Waals surface area (Å²) >= 11 is 0. The highest BCUT2D eigenvalue weighted by molar-refractivity contribution is 5.96. The Morgan fingerprint density at radius 1 is 1.18 bits per heavy atom. The van der Waals surface area contributed by atoms with Crippen LogP contribution in [0.4, 0.5) is 0 Å². The largest absolute Gasteiger partial charge is 0.347 e. The van der Waals surface area contributed by atoms with Crippen LogP contribution in [0.2, 0.25) is 0 Å². The van der Waals surface area contributed by atoms with E-state index < -0.39 is 0 Å². The zero-order valence-electron chi connectivity index (χ0n) is 12.7. The topological polar surface area (TPSA) is 74.3 Å². The van der Waals surface area contributed by atoms with Gasteiger partial charge in [0.25, 0.3) is 11.8 Å². The molecule has 2 aliphatic heterocycles. The smallest absolute Gasteiger partial charge is 0.272 e. The van der Waals surface area contributed by atoms with Crippen molar-refractivity contribution in [2.24, 2.45) is 0 Å². The van der Waals surface area contributed by atoms with E-state index >= 15 is 0 Å². The molecule has 0 bridgehead atoms. The minimum atomic E-state index is -0.204. The monoisotopic (exact) mass is 302 g/mol. The number of nitrogens with one attached hydrogen (secondary N) is 2. The Labute approximate surface area is 130 Å². The van der Waals surface area contributed by atoms with Gasteiger partial charge in [-0.3, -0.25) is 9.59 Å². The van der Waals surface area contributed by atoms with E-state index in [1.165, 1.54) is 0 Å². The Morgan fingerprint density at radius 2 is 1.95 bits per heavy atom. The number of rotatable bonds is 3. The predicted molar refractivity (Wildman–Crippen MR) is 82.7 cm³/mol. The maximum Gasteiger partial charge on any atom is 0.272 e. The fraction of sp³-hybridized carbons (Fsp3) is 0.562. The van der Waals surface area contributed by atoms with Crippen molar-refractivity contribution < 1.29 is 9.59 Å².